The number of piperazine rings is 1. The second-order valence-corrected chi connectivity index (χ2v) is 6.99. The zero-order chi connectivity index (χ0) is 16.2. The van der Waals surface area contributed by atoms with Crippen molar-refractivity contribution in [3.05, 3.63) is 0 Å². The average molecular weight is 348 g/mol. The minimum Gasteiger partial charge on any atom is -0.469 e. The Balaban J connectivity index is 0.00000264. The Labute approximate surface area is 145 Å². The van der Waals surface area contributed by atoms with Gasteiger partial charge in [0.15, 0.2) is 0 Å². The van der Waals surface area contributed by atoms with Crippen molar-refractivity contribution in [3.8, 4) is 0 Å². The lowest BCUT2D eigenvalue weighted by Gasteiger charge is -2.41. The molecule has 1 amide bonds. The van der Waals surface area contributed by atoms with Gasteiger partial charge in [0.05, 0.1) is 19.1 Å². The van der Waals surface area contributed by atoms with E-state index in [9.17, 15) is 9.59 Å². The Morgan fingerprint density at radius 3 is 2.78 bits per heavy atom. The molecule has 2 aliphatic heterocycles. The van der Waals surface area contributed by atoms with Crippen LogP contribution in [0.25, 0.3) is 0 Å². The summed E-state index contributed by atoms with van der Waals surface area (Å²) < 4.78 is 4.87. The van der Waals surface area contributed by atoms with Crippen molar-refractivity contribution in [3.63, 3.8) is 0 Å². The molecule has 2 aliphatic rings. The van der Waals surface area contributed by atoms with Gasteiger partial charge in [0.1, 0.15) is 0 Å². The van der Waals surface area contributed by atoms with Crippen LogP contribution < -0.4 is 5.32 Å². The number of esters is 1. The summed E-state index contributed by atoms with van der Waals surface area (Å²) in [5.41, 5.74) is -0.452. The summed E-state index contributed by atoms with van der Waals surface area (Å²) in [6, 6.07) is 0.324. The number of carbonyl (C=O) groups is 2. The van der Waals surface area contributed by atoms with Crippen LogP contribution in [-0.4, -0.2) is 74.1 Å². The molecule has 1 atom stereocenters. The van der Waals surface area contributed by atoms with E-state index in [2.05, 4.69) is 10.2 Å². The van der Waals surface area contributed by atoms with Gasteiger partial charge in [-0.3, -0.25) is 9.59 Å². The third kappa shape index (κ3) is 5.33. The van der Waals surface area contributed by atoms with Crippen LogP contribution in [-0.2, 0) is 14.3 Å². The van der Waals surface area contributed by atoms with Crippen LogP contribution in [0.3, 0.4) is 0 Å². The van der Waals surface area contributed by atoms with Gasteiger partial charge >= 0.3 is 5.97 Å². The molecule has 2 fully saturated rings. The van der Waals surface area contributed by atoms with Crippen LogP contribution in [0, 0.1) is 5.41 Å². The predicted molar refractivity (Wildman–Crippen MR) is 91.7 cm³/mol. The van der Waals surface area contributed by atoms with Gasteiger partial charge in [0.25, 0.3) is 0 Å². The lowest BCUT2D eigenvalue weighted by Crippen LogP contribution is -2.57. The van der Waals surface area contributed by atoms with E-state index in [1.54, 1.807) is 0 Å². The van der Waals surface area contributed by atoms with E-state index in [1.807, 2.05) is 18.7 Å². The van der Waals surface area contributed by atoms with E-state index in [4.69, 9.17) is 4.74 Å². The Morgan fingerprint density at radius 1 is 1.39 bits per heavy atom. The lowest BCUT2D eigenvalue weighted by atomic mass is 9.89. The average Bonchev–Trinajstić information content (AvgIpc) is 2.53. The summed E-state index contributed by atoms with van der Waals surface area (Å²) >= 11 is 0. The summed E-state index contributed by atoms with van der Waals surface area (Å²) in [5, 5.41) is 3.12. The summed E-state index contributed by atoms with van der Waals surface area (Å²) in [5.74, 6) is 0.0614. The van der Waals surface area contributed by atoms with Gasteiger partial charge in [0, 0.05) is 25.7 Å². The monoisotopic (exact) mass is 347 g/mol. The van der Waals surface area contributed by atoms with E-state index in [-0.39, 0.29) is 24.3 Å². The van der Waals surface area contributed by atoms with Gasteiger partial charge < -0.3 is 19.9 Å². The van der Waals surface area contributed by atoms with Crippen molar-refractivity contribution in [1.29, 1.82) is 0 Å². The second kappa shape index (κ2) is 8.85. The maximum Gasteiger partial charge on any atom is 0.311 e. The summed E-state index contributed by atoms with van der Waals surface area (Å²) in [6.07, 6.45) is 2.98. The van der Waals surface area contributed by atoms with Crippen molar-refractivity contribution >= 4 is 24.3 Å². The zero-order valence-corrected chi connectivity index (χ0v) is 15.3. The molecule has 0 spiro atoms. The fraction of sp³-hybridized carbons (Fsp3) is 0.875. The van der Waals surface area contributed by atoms with Gasteiger partial charge in [-0.25, -0.2) is 0 Å². The van der Waals surface area contributed by atoms with Crippen molar-refractivity contribution in [2.45, 2.75) is 39.2 Å². The van der Waals surface area contributed by atoms with Crippen molar-refractivity contribution < 1.29 is 14.3 Å². The van der Waals surface area contributed by atoms with Crippen LogP contribution in [0.1, 0.15) is 33.1 Å². The topological polar surface area (TPSA) is 61.9 Å². The highest BCUT2D eigenvalue weighted by Crippen LogP contribution is 2.24. The molecule has 7 heteroatoms. The van der Waals surface area contributed by atoms with Gasteiger partial charge in [0.2, 0.25) is 5.91 Å². The molecule has 1 unspecified atom stereocenters. The SMILES string of the molecule is COC(=O)C(C)(C)CCN1CCCC(N2CCNCC2=O)C1.Cl. The minimum atomic E-state index is -0.452. The largest absolute Gasteiger partial charge is 0.469 e. The number of hydrogen-bond acceptors (Lipinski definition) is 5. The van der Waals surface area contributed by atoms with Gasteiger partial charge in [-0.15, -0.1) is 12.4 Å². The molecular formula is C16H30ClN3O3. The highest BCUT2D eigenvalue weighted by Gasteiger charge is 2.32. The van der Waals surface area contributed by atoms with E-state index in [0.717, 1.165) is 52.0 Å². The number of nitrogens with zero attached hydrogens (tertiary/aromatic N) is 2. The molecule has 0 bridgehead atoms. The first-order valence-corrected chi connectivity index (χ1v) is 8.25. The number of amides is 1. The van der Waals surface area contributed by atoms with E-state index in [1.165, 1.54) is 7.11 Å². The molecule has 2 saturated heterocycles. The van der Waals surface area contributed by atoms with Crippen LogP contribution in [0.5, 0.6) is 0 Å². The van der Waals surface area contributed by atoms with Gasteiger partial charge in [-0.05, 0) is 46.2 Å². The maximum absolute atomic E-state index is 12.0. The van der Waals surface area contributed by atoms with Crippen molar-refractivity contribution in [2.24, 2.45) is 5.41 Å². The molecule has 2 heterocycles. The van der Waals surface area contributed by atoms with E-state index in [0.29, 0.717) is 12.6 Å². The standard InChI is InChI=1S/C16H29N3O3.ClH/c1-16(2,15(21)22-3)6-9-18-8-4-5-13(12-18)19-10-7-17-11-14(19)20;/h13,17H,4-12H2,1-3H3;1H. The van der Waals surface area contributed by atoms with E-state index >= 15 is 0 Å². The predicted octanol–water partition coefficient (Wildman–Crippen LogP) is 0.894. The van der Waals surface area contributed by atoms with Gasteiger partial charge in [-0.1, -0.05) is 0 Å². The molecule has 2 rings (SSSR count). The van der Waals surface area contributed by atoms with Crippen LogP contribution in [0.4, 0.5) is 0 Å². The molecular weight excluding hydrogens is 318 g/mol. The Kier molecular flexibility index (Phi) is 7.77. The number of piperidine rings is 1. The third-order valence-electron chi connectivity index (χ3n) is 4.84. The smallest absolute Gasteiger partial charge is 0.311 e. The minimum absolute atomic E-state index is 0. The first kappa shape index (κ1) is 20.2. The molecule has 0 saturated carbocycles. The van der Waals surface area contributed by atoms with Crippen LogP contribution in [0.15, 0.2) is 0 Å². The molecule has 1 N–H and O–H groups in total. The number of nitrogens with one attached hydrogen (secondary N) is 1. The normalized spacial score (nSPS) is 23.3. The zero-order valence-electron chi connectivity index (χ0n) is 14.5. The number of hydrogen-bond donors (Lipinski definition) is 1. The maximum atomic E-state index is 12.0. The van der Waals surface area contributed by atoms with Crippen molar-refractivity contribution in [1.82, 2.24) is 15.1 Å². The molecule has 0 radical (unpaired) electrons. The van der Waals surface area contributed by atoms with Crippen molar-refractivity contribution in [2.75, 3.05) is 46.4 Å². The van der Waals surface area contributed by atoms with Gasteiger partial charge in [-0.2, -0.15) is 0 Å². The fourth-order valence-corrected chi connectivity index (χ4v) is 3.31. The highest BCUT2D eigenvalue weighted by molar-refractivity contribution is 5.85. The summed E-state index contributed by atoms with van der Waals surface area (Å²) in [6.45, 7) is 8.87. The fourth-order valence-electron chi connectivity index (χ4n) is 3.31. The lowest BCUT2D eigenvalue weighted by molar-refractivity contribution is -0.151. The number of likely N-dealkylation sites (tertiary alicyclic amines) is 1. The first-order chi connectivity index (χ1) is 10.4. The molecule has 23 heavy (non-hydrogen) atoms. The number of ether oxygens (including phenoxy) is 1. The quantitative estimate of drug-likeness (QED) is 0.748. The first-order valence-electron chi connectivity index (χ1n) is 8.25. The summed E-state index contributed by atoms with van der Waals surface area (Å²) in [7, 11) is 1.44. The Morgan fingerprint density at radius 2 is 2.13 bits per heavy atom. The molecule has 0 aromatic heterocycles. The Bertz CT molecular complexity index is 417. The van der Waals surface area contributed by atoms with Crippen LogP contribution in [0.2, 0.25) is 0 Å². The third-order valence-corrected chi connectivity index (χ3v) is 4.84. The molecule has 0 aromatic carbocycles. The second-order valence-electron chi connectivity index (χ2n) is 6.99. The highest BCUT2D eigenvalue weighted by atomic mass is 35.5. The molecule has 6 nitrogen and oxygen atoms in total. The Hall–Kier alpha value is -0.850. The molecule has 0 aliphatic carbocycles. The van der Waals surface area contributed by atoms with Crippen LogP contribution >= 0.6 is 12.4 Å². The number of halogens is 1. The summed E-state index contributed by atoms with van der Waals surface area (Å²) in [4.78, 5) is 28.2. The number of carbonyl (C=O) groups excluding carboxylic acids is 2. The number of methoxy groups -OCH3 is 1. The van der Waals surface area contributed by atoms with E-state index < -0.39 is 5.41 Å². The number of rotatable bonds is 5. The molecule has 0 aromatic rings. The molecule has 134 valence electrons.